The minimum absolute atomic E-state index is 0.0163. The fraction of sp³-hybridized carbons (Fsp3) is 0.846. The van der Waals surface area contributed by atoms with E-state index < -0.39 is 0 Å². The Morgan fingerprint density at radius 2 is 1.89 bits per heavy atom. The molecule has 0 saturated heterocycles. The number of amides is 2. The number of ether oxygens (including phenoxy) is 1. The van der Waals surface area contributed by atoms with E-state index in [4.69, 9.17) is 10.5 Å². The molecule has 1 aliphatic rings. The van der Waals surface area contributed by atoms with E-state index in [-0.39, 0.29) is 24.3 Å². The molecule has 0 aromatic heterocycles. The lowest BCUT2D eigenvalue weighted by Crippen LogP contribution is -2.41. The first-order valence-corrected chi connectivity index (χ1v) is 6.90. The van der Waals surface area contributed by atoms with Crippen molar-refractivity contribution in [1.82, 2.24) is 10.6 Å². The summed E-state index contributed by atoms with van der Waals surface area (Å²) in [5.74, 6) is 0.398. The monoisotopic (exact) mass is 271 g/mol. The SMILES string of the molecule is COCCNC(=O)CNC(=O)C1CCC(CN)CC1. The van der Waals surface area contributed by atoms with Gasteiger partial charge in [-0.15, -0.1) is 0 Å². The molecule has 0 aromatic rings. The number of hydrogen-bond donors (Lipinski definition) is 3. The molecule has 1 aliphatic carbocycles. The second kappa shape index (κ2) is 8.87. The molecule has 2 amide bonds. The van der Waals surface area contributed by atoms with Gasteiger partial charge in [0.1, 0.15) is 0 Å². The Bertz CT molecular complexity index is 289. The maximum Gasteiger partial charge on any atom is 0.239 e. The van der Waals surface area contributed by atoms with Crippen LogP contribution < -0.4 is 16.4 Å². The molecule has 0 heterocycles. The maximum absolute atomic E-state index is 11.9. The first kappa shape index (κ1) is 15.9. The van der Waals surface area contributed by atoms with Crippen LogP contribution in [-0.4, -0.2) is 45.2 Å². The van der Waals surface area contributed by atoms with Crippen LogP contribution in [0.5, 0.6) is 0 Å². The summed E-state index contributed by atoms with van der Waals surface area (Å²) < 4.78 is 4.82. The van der Waals surface area contributed by atoms with Crippen molar-refractivity contribution in [1.29, 1.82) is 0 Å². The molecule has 0 spiro atoms. The van der Waals surface area contributed by atoms with Crippen molar-refractivity contribution in [3.63, 3.8) is 0 Å². The van der Waals surface area contributed by atoms with E-state index in [1.807, 2.05) is 0 Å². The van der Waals surface area contributed by atoms with E-state index in [9.17, 15) is 9.59 Å². The molecule has 6 nitrogen and oxygen atoms in total. The quantitative estimate of drug-likeness (QED) is 0.551. The van der Waals surface area contributed by atoms with Crippen molar-refractivity contribution in [2.75, 3.05) is 33.4 Å². The third-order valence-corrected chi connectivity index (χ3v) is 3.60. The van der Waals surface area contributed by atoms with Crippen LogP contribution in [0.1, 0.15) is 25.7 Å². The van der Waals surface area contributed by atoms with Gasteiger partial charge in [-0.1, -0.05) is 0 Å². The molecule has 0 aromatic carbocycles. The molecule has 0 unspecified atom stereocenters. The fourth-order valence-corrected chi connectivity index (χ4v) is 2.33. The van der Waals surface area contributed by atoms with Gasteiger partial charge in [-0.2, -0.15) is 0 Å². The van der Waals surface area contributed by atoms with Gasteiger partial charge in [-0.25, -0.2) is 0 Å². The first-order chi connectivity index (χ1) is 9.17. The molecule has 1 saturated carbocycles. The first-order valence-electron chi connectivity index (χ1n) is 6.90. The number of rotatable bonds is 7. The molecule has 0 atom stereocenters. The lowest BCUT2D eigenvalue weighted by atomic mass is 9.81. The van der Waals surface area contributed by atoms with Crippen molar-refractivity contribution in [2.24, 2.45) is 17.6 Å². The minimum Gasteiger partial charge on any atom is -0.383 e. The Labute approximate surface area is 114 Å². The number of hydrogen-bond acceptors (Lipinski definition) is 4. The van der Waals surface area contributed by atoms with Crippen LogP contribution in [0, 0.1) is 11.8 Å². The van der Waals surface area contributed by atoms with Crippen LogP contribution in [0.4, 0.5) is 0 Å². The molecule has 110 valence electrons. The predicted octanol–water partition coefficient (Wildman–Crippen LogP) is -0.370. The van der Waals surface area contributed by atoms with Gasteiger partial charge in [-0.05, 0) is 38.1 Å². The molecule has 1 fully saturated rings. The summed E-state index contributed by atoms with van der Waals surface area (Å²) in [5.41, 5.74) is 5.62. The zero-order chi connectivity index (χ0) is 14.1. The number of nitrogens with one attached hydrogen (secondary N) is 2. The van der Waals surface area contributed by atoms with Gasteiger partial charge in [0.15, 0.2) is 0 Å². The lowest BCUT2D eigenvalue weighted by molar-refractivity contribution is -0.129. The Balaban J connectivity index is 2.15. The Morgan fingerprint density at radius 3 is 2.47 bits per heavy atom. The van der Waals surface area contributed by atoms with E-state index in [0.717, 1.165) is 25.7 Å². The summed E-state index contributed by atoms with van der Waals surface area (Å²) >= 11 is 0. The molecule has 0 aliphatic heterocycles. The standard InChI is InChI=1S/C13H25N3O3/c1-19-7-6-15-12(17)9-16-13(18)11-4-2-10(8-14)3-5-11/h10-11H,2-9,14H2,1H3,(H,15,17)(H,16,18). The molecule has 6 heteroatoms. The molecule has 19 heavy (non-hydrogen) atoms. The summed E-state index contributed by atoms with van der Waals surface area (Å²) in [6.45, 7) is 1.69. The average molecular weight is 271 g/mol. The van der Waals surface area contributed by atoms with Gasteiger partial charge in [0, 0.05) is 19.6 Å². The molecule has 1 rings (SSSR count). The maximum atomic E-state index is 11.9. The van der Waals surface area contributed by atoms with Gasteiger partial charge in [-0.3, -0.25) is 9.59 Å². The summed E-state index contributed by atoms with van der Waals surface area (Å²) in [6.07, 6.45) is 3.77. The van der Waals surface area contributed by atoms with E-state index in [1.54, 1.807) is 7.11 Å². The molecular formula is C13H25N3O3. The zero-order valence-electron chi connectivity index (χ0n) is 11.6. The van der Waals surface area contributed by atoms with E-state index in [1.165, 1.54) is 0 Å². The van der Waals surface area contributed by atoms with Crippen molar-refractivity contribution in [2.45, 2.75) is 25.7 Å². The molecule has 4 N–H and O–H groups in total. The van der Waals surface area contributed by atoms with Crippen molar-refractivity contribution < 1.29 is 14.3 Å². The van der Waals surface area contributed by atoms with Gasteiger partial charge >= 0.3 is 0 Å². The highest BCUT2D eigenvalue weighted by Gasteiger charge is 2.25. The molecular weight excluding hydrogens is 246 g/mol. The highest BCUT2D eigenvalue weighted by atomic mass is 16.5. The highest BCUT2D eigenvalue weighted by Crippen LogP contribution is 2.27. The Hall–Kier alpha value is -1.14. The van der Waals surface area contributed by atoms with Crippen molar-refractivity contribution in [3.8, 4) is 0 Å². The normalized spacial score (nSPS) is 22.8. The van der Waals surface area contributed by atoms with Gasteiger partial charge < -0.3 is 21.1 Å². The smallest absolute Gasteiger partial charge is 0.239 e. The zero-order valence-corrected chi connectivity index (χ0v) is 11.6. The largest absolute Gasteiger partial charge is 0.383 e. The summed E-state index contributed by atoms with van der Waals surface area (Å²) in [7, 11) is 1.58. The van der Waals surface area contributed by atoms with Crippen LogP contribution in [0.25, 0.3) is 0 Å². The second-order valence-electron chi connectivity index (χ2n) is 5.01. The van der Waals surface area contributed by atoms with Gasteiger partial charge in [0.2, 0.25) is 11.8 Å². The number of nitrogens with two attached hydrogens (primary N) is 1. The fourth-order valence-electron chi connectivity index (χ4n) is 2.33. The van der Waals surface area contributed by atoms with Crippen LogP contribution in [0.15, 0.2) is 0 Å². The van der Waals surface area contributed by atoms with E-state index in [2.05, 4.69) is 10.6 Å². The number of methoxy groups -OCH3 is 1. The van der Waals surface area contributed by atoms with Crippen molar-refractivity contribution >= 4 is 11.8 Å². The van der Waals surface area contributed by atoms with Gasteiger partial charge in [0.25, 0.3) is 0 Å². The average Bonchev–Trinajstić information content (AvgIpc) is 2.45. The Kier molecular flexibility index (Phi) is 7.43. The molecule has 0 bridgehead atoms. The van der Waals surface area contributed by atoms with Crippen LogP contribution in [-0.2, 0) is 14.3 Å². The third kappa shape index (κ3) is 6.02. The topological polar surface area (TPSA) is 93.5 Å². The number of carbonyl (C=O) groups excluding carboxylic acids is 2. The minimum atomic E-state index is -0.180. The summed E-state index contributed by atoms with van der Waals surface area (Å²) in [6, 6.07) is 0. The Morgan fingerprint density at radius 1 is 1.21 bits per heavy atom. The van der Waals surface area contributed by atoms with Crippen LogP contribution in [0.3, 0.4) is 0 Å². The predicted molar refractivity (Wildman–Crippen MR) is 72.4 cm³/mol. The third-order valence-electron chi connectivity index (χ3n) is 3.60. The van der Waals surface area contributed by atoms with Crippen LogP contribution >= 0.6 is 0 Å². The van der Waals surface area contributed by atoms with E-state index >= 15 is 0 Å². The van der Waals surface area contributed by atoms with Crippen LogP contribution in [0.2, 0.25) is 0 Å². The van der Waals surface area contributed by atoms with E-state index in [0.29, 0.717) is 25.6 Å². The summed E-state index contributed by atoms with van der Waals surface area (Å²) in [4.78, 5) is 23.3. The van der Waals surface area contributed by atoms with Crippen molar-refractivity contribution in [3.05, 3.63) is 0 Å². The highest BCUT2D eigenvalue weighted by molar-refractivity contribution is 5.85. The molecule has 0 radical (unpaired) electrons. The second-order valence-corrected chi connectivity index (χ2v) is 5.01. The van der Waals surface area contributed by atoms with Gasteiger partial charge in [0.05, 0.1) is 13.2 Å². The number of carbonyl (C=O) groups is 2. The lowest BCUT2D eigenvalue weighted by Gasteiger charge is -2.26. The summed E-state index contributed by atoms with van der Waals surface area (Å²) in [5, 5.41) is 5.35.